The molecule has 2 aromatic rings. The zero-order valence-corrected chi connectivity index (χ0v) is 15.0. The normalized spacial score (nSPS) is 10.5. The Balaban J connectivity index is 1.92. The van der Waals surface area contributed by atoms with E-state index in [1.165, 1.54) is 6.08 Å². The lowest BCUT2D eigenvalue weighted by Gasteiger charge is -2.10. The van der Waals surface area contributed by atoms with E-state index in [0.29, 0.717) is 15.7 Å². The molecule has 0 saturated heterocycles. The van der Waals surface area contributed by atoms with Gasteiger partial charge in [0.15, 0.2) is 5.11 Å². The van der Waals surface area contributed by atoms with Crippen LogP contribution in [-0.2, 0) is 4.79 Å². The number of hydrogen-bond acceptors (Lipinski definition) is 3. The Morgan fingerprint density at radius 3 is 2.54 bits per heavy atom. The maximum absolute atomic E-state index is 11.9. The minimum atomic E-state index is -0.360. The number of carbonyl (C=O) groups excluding carboxylic acids is 1. The molecule has 0 aliphatic rings. The molecule has 0 saturated carbocycles. The van der Waals surface area contributed by atoms with Crippen LogP contribution in [-0.4, -0.2) is 18.1 Å². The molecule has 7 heteroatoms. The standard InChI is InChI=1S/C17H14Cl2N2O2S/c1-23-12-8-5-11(6-9-12)7-10-15(22)21-17(24)20-14-4-2-3-13(18)16(14)19/h2-10H,1H3,(H2,20,21,22,24). The number of amides is 1. The van der Waals surface area contributed by atoms with E-state index in [-0.39, 0.29) is 11.0 Å². The lowest BCUT2D eigenvalue weighted by molar-refractivity contribution is -0.115. The number of carbonyl (C=O) groups is 1. The molecule has 0 unspecified atom stereocenters. The van der Waals surface area contributed by atoms with Crippen LogP contribution in [0.1, 0.15) is 5.56 Å². The van der Waals surface area contributed by atoms with Crippen molar-refractivity contribution in [3.05, 3.63) is 64.1 Å². The number of anilines is 1. The first-order chi connectivity index (χ1) is 11.5. The summed E-state index contributed by atoms with van der Waals surface area (Å²) in [6.07, 6.45) is 3.05. The van der Waals surface area contributed by atoms with E-state index in [9.17, 15) is 4.79 Å². The molecule has 24 heavy (non-hydrogen) atoms. The lowest BCUT2D eigenvalue weighted by atomic mass is 10.2. The molecule has 1 amide bonds. The summed E-state index contributed by atoms with van der Waals surface area (Å²) in [5.74, 6) is 0.391. The fourth-order valence-corrected chi connectivity index (χ4v) is 2.35. The Morgan fingerprint density at radius 2 is 1.88 bits per heavy atom. The Bertz CT molecular complexity index is 777. The summed E-state index contributed by atoms with van der Waals surface area (Å²) < 4.78 is 5.07. The van der Waals surface area contributed by atoms with Crippen LogP contribution >= 0.6 is 35.4 Å². The van der Waals surface area contributed by atoms with Crippen LogP contribution in [0.3, 0.4) is 0 Å². The second kappa shape index (κ2) is 8.68. The second-order valence-electron chi connectivity index (χ2n) is 4.65. The van der Waals surface area contributed by atoms with Crippen LogP contribution in [0, 0.1) is 0 Å². The predicted molar refractivity (Wildman–Crippen MR) is 103 cm³/mol. The van der Waals surface area contributed by atoms with Crippen LogP contribution in [0.5, 0.6) is 5.75 Å². The van der Waals surface area contributed by atoms with Gasteiger partial charge in [0.2, 0.25) is 5.91 Å². The summed E-state index contributed by atoms with van der Waals surface area (Å²) in [5.41, 5.74) is 1.39. The van der Waals surface area contributed by atoms with E-state index >= 15 is 0 Å². The van der Waals surface area contributed by atoms with E-state index in [2.05, 4.69) is 10.6 Å². The van der Waals surface area contributed by atoms with Gasteiger partial charge in [-0.25, -0.2) is 0 Å². The monoisotopic (exact) mass is 380 g/mol. The minimum absolute atomic E-state index is 0.128. The first-order valence-corrected chi connectivity index (χ1v) is 8.04. The molecule has 0 fully saturated rings. The summed E-state index contributed by atoms with van der Waals surface area (Å²) in [4.78, 5) is 11.9. The van der Waals surface area contributed by atoms with Crippen molar-refractivity contribution < 1.29 is 9.53 Å². The van der Waals surface area contributed by atoms with Crippen LogP contribution in [0.2, 0.25) is 10.0 Å². The van der Waals surface area contributed by atoms with Crippen molar-refractivity contribution in [2.24, 2.45) is 0 Å². The number of rotatable bonds is 4. The van der Waals surface area contributed by atoms with E-state index in [1.54, 1.807) is 31.4 Å². The summed E-state index contributed by atoms with van der Waals surface area (Å²) >= 11 is 17.1. The van der Waals surface area contributed by atoms with E-state index in [4.69, 9.17) is 40.2 Å². The molecule has 2 aromatic carbocycles. The first-order valence-electron chi connectivity index (χ1n) is 6.87. The van der Waals surface area contributed by atoms with Gasteiger partial charge in [-0.05, 0) is 48.1 Å². The van der Waals surface area contributed by atoms with Crippen molar-refractivity contribution in [3.8, 4) is 5.75 Å². The molecular formula is C17H14Cl2N2O2S. The fourth-order valence-electron chi connectivity index (χ4n) is 1.79. The van der Waals surface area contributed by atoms with Crippen molar-refractivity contribution >= 4 is 58.2 Å². The average Bonchev–Trinajstić information content (AvgIpc) is 2.57. The molecule has 0 heterocycles. The first kappa shape index (κ1) is 18.3. The minimum Gasteiger partial charge on any atom is -0.497 e. The van der Waals surface area contributed by atoms with Gasteiger partial charge in [0.25, 0.3) is 0 Å². The molecular weight excluding hydrogens is 367 g/mol. The molecule has 0 bridgehead atoms. The SMILES string of the molecule is COc1ccc(C=CC(=O)NC(=S)Nc2cccc(Cl)c2Cl)cc1. The Hall–Kier alpha value is -2.08. The third kappa shape index (κ3) is 5.23. The number of benzene rings is 2. The zero-order chi connectivity index (χ0) is 17.5. The van der Waals surface area contributed by atoms with Gasteiger partial charge in [0.05, 0.1) is 22.8 Å². The summed E-state index contributed by atoms with van der Waals surface area (Å²) in [6, 6.07) is 12.4. The van der Waals surface area contributed by atoms with Gasteiger partial charge in [0, 0.05) is 6.08 Å². The molecule has 0 spiro atoms. The van der Waals surface area contributed by atoms with Gasteiger partial charge >= 0.3 is 0 Å². The van der Waals surface area contributed by atoms with Crippen LogP contribution in [0.25, 0.3) is 6.08 Å². The molecule has 4 nitrogen and oxygen atoms in total. The predicted octanol–water partition coefficient (Wildman–Crippen LogP) is 4.53. The largest absolute Gasteiger partial charge is 0.497 e. The van der Waals surface area contributed by atoms with E-state index in [1.807, 2.05) is 24.3 Å². The molecule has 2 N–H and O–H groups in total. The van der Waals surface area contributed by atoms with Gasteiger partial charge < -0.3 is 10.1 Å². The third-order valence-corrected chi connectivity index (χ3v) is 4.00. The van der Waals surface area contributed by atoms with Crippen molar-refractivity contribution in [1.82, 2.24) is 5.32 Å². The van der Waals surface area contributed by atoms with Gasteiger partial charge in [-0.2, -0.15) is 0 Å². The highest BCUT2D eigenvalue weighted by molar-refractivity contribution is 7.80. The number of ether oxygens (including phenoxy) is 1. The van der Waals surface area contributed by atoms with E-state index in [0.717, 1.165) is 11.3 Å². The van der Waals surface area contributed by atoms with Crippen molar-refractivity contribution in [2.45, 2.75) is 0 Å². The highest BCUT2D eigenvalue weighted by atomic mass is 35.5. The molecule has 124 valence electrons. The maximum atomic E-state index is 11.9. The Labute approximate surface area is 155 Å². The fraction of sp³-hybridized carbons (Fsp3) is 0.0588. The highest BCUT2D eigenvalue weighted by Gasteiger charge is 2.07. The molecule has 0 atom stereocenters. The molecule has 0 aliphatic carbocycles. The number of thiocarbonyl (C=S) groups is 1. The quantitative estimate of drug-likeness (QED) is 0.604. The molecule has 0 aliphatic heterocycles. The van der Waals surface area contributed by atoms with Crippen LogP contribution in [0.15, 0.2) is 48.5 Å². The van der Waals surface area contributed by atoms with Crippen molar-refractivity contribution in [3.63, 3.8) is 0 Å². The highest BCUT2D eigenvalue weighted by Crippen LogP contribution is 2.29. The Kier molecular flexibility index (Phi) is 6.61. The topological polar surface area (TPSA) is 50.4 Å². The number of halogens is 2. The number of methoxy groups -OCH3 is 1. The van der Waals surface area contributed by atoms with E-state index < -0.39 is 0 Å². The smallest absolute Gasteiger partial charge is 0.250 e. The van der Waals surface area contributed by atoms with Crippen molar-refractivity contribution in [1.29, 1.82) is 0 Å². The van der Waals surface area contributed by atoms with Crippen molar-refractivity contribution in [2.75, 3.05) is 12.4 Å². The average molecular weight is 381 g/mol. The van der Waals surface area contributed by atoms with Gasteiger partial charge in [-0.15, -0.1) is 0 Å². The summed E-state index contributed by atoms with van der Waals surface area (Å²) in [7, 11) is 1.60. The van der Waals surface area contributed by atoms with Crippen LogP contribution in [0.4, 0.5) is 5.69 Å². The molecule has 2 rings (SSSR count). The molecule has 0 aromatic heterocycles. The zero-order valence-electron chi connectivity index (χ0n) is 12.7. The maximum Gasteiger partial charge on any atom is 0.250 e. The lowest BCUT2D eigenvalue weighted by Crippen LogP contribution is -2.32. The number of nitrogens with one attached hydrogen (secondary N) is 2. The molecule has 0 radical (unpaired) electrons. The van der Waals surface area contributed by atoms with Gasteiger partial charge in [-0.3, -0.25) is 10.1 Å². The summed E-state index contributed by atoms with van der Waals surface area (Å²) in [6.45, 7) is 0. The number of hydrogen-bond donors (Lipinski definition) is 2. The van der Waals surface area contributed by atoms with Gasteiger partial charge in [-0.1, -0.05) is 41.4 Å². The Morgan fingerprint density at radius 1 is 1.17 bits per heavy atom. The van der Waals surface area contributed by atoms with Crippen LogP contribution < -0.4 is 15.4 Å². The third-order valence-electron chi connectivity index (χ3n) is 2.98. The second-order valence-corrected chi connectivity index (χ2v) is 5.84. The summed E-state index contributed by atoms with van der Waals surface area (Å²) in [5, 5.41) is 6.23. The van der Waals surface area contributed by atoms with Gasteiger partial charge in [0.1, 0.15) is 5.75 Å².